The van der Waals surface area contributed by atoms with Gasteiger partial charge in [-0.2, -0.15) is 0 Å². The van der Waals surface area contributed by atoms with E-state index in [1.165, 1.54) is 13.2 Å². The van der Waals surface area contributed by atoms with E-state index in [9.17, 15) is 13.2 Å². The molecule has 7 nitrogen and oxygen atoms in total. The summed E-state index contributed by atoms with van der Waals surface area (Å²) in [7, 11) is -0.769. The Hall–Kier alpha value is -2.29. The Morgan fingerprint density at radius 1 is 1.19 bits per heavy atom. The Balaban J connectivity index is 2.26. The number of hydrogen-bond donors (Lipinski definition) is 1. The number of ether oxygens (including phenoxy) is 2. The smallest absolute Gasteiger partial charge is 0.245 e. The van der Waals surface area contributed by atoms with Crippen molar-refractivity contribution in [1.29, 1.82) is 0 Å². The first-order chi connectivity index (χ1) is 12.7. The summed E-state index contributed by atoms with van der Waals surface area (Å²) in [6.45, 7) is -0.0249. The fraction of sp³-hybridized carbons (Fsp3) is 0.278. The lowest BCUT2D eigenvalue weighted by Crippen LogP contribution is -2.37. The third kappa shape index (κ3) is 5.85. The number of benzene rings is 2. The highest BCUT2D eigenvalue weighted by atomic mass is 35.5. The van der Waals surface area contributed by atoms with Gasteiger partial charge < -0.3 is 14.8 Å². The van der Waals surface area contributed by atoms with E-state index < -0.39 is 22.5 Å². The van der Waals surface area contributed by atoms with E-state index >= 15 is 0 Å². The summed E-state index contributed by atoms with van der Waals surface area (Å²) >= 11 is 5.99. The molecule has 0 aliphatic heterocycles. The molecule has 0 fully saturated rings. The lowest BCUT2D eigenvalue weighted by atomic mass is 10.2. The van der Waals surface area contributed by atoms with E-state index in [1.807, 2.05) is 6.07 Å². The summed E-state index contributed by atoms with van der Waals surface area (Å²) in [5.41, 5.74) is 1.61. The summed E-state index contributed by atoms with van der Waals surface area (Å²) in [5, 5.41) is 3.02. The first-order valence-corrected chi connectivity index (χ1v) is 10.2. The van der Waals surface area contributed by atoms with Crippen LogP contribution in [0.4, 0.5) is 11.4 Å². The standard InChI is InChI=1S/C18H21ClN2O5S/c1-25-12-13-5-4-6-15(9-13)20-18(22)11-21(27(3,23)24)16-10-14(19)7-8-17(16)26-2/h4-10H,11-12H2,1-3H3,(H,20,22). The Morgan fingerprint density at radius 3 is 2.56 bits per heavy atom. The van der Waals surface area contributed by atoms with Crippen molar-refractivity contribution in [2.45, 2.75) is 6.61 Å². The van der Waals surface area contributed by atoms with Gasteiger partial charge in [0.2, 0.25) is 15.9 Å². The van der Waals surface area contributed by atoms with Crippen molar-refractivity contribution in [3.8, 4) is 5.75 Å². The van der Waals surface area contributed by atoms with Gasteiger partial charge in [0.15, 0.2) is 0 Å². The maximum atomic E-state index is 12.5. The molecule has 0 radical (unpaired) electrons. The van der Waals surface area contributed by atoms with Crippen LogP contribution in [0, 0.1) is 0 Å². The van der Waals surface area contributed by atoms with Crippen LogP contribution in [0.1, 0.15) is 5.56 Å². The van der Waals surface area contributed by atoms with E-state index in [0.29, 0.717) is 23.1 Å². The molecule has 0 saturated heterocycles. The maximum absolute atomic E-state index is 12.5. The van der Waals surface area contributed by atoms with Gasteiger partial charge in [-0.25, -0.2) is 8.42 Å². The molecular formula is C18H21ClN2O5S. The predicted molar refractivity (Wildman–Crippen MR) is 106 cm³/mol. The highest BCUT2D eigenvalue weighted by Gasteiger charge is 2.24. The number of halogens is 1. The van der Waals surface area contributed by atoms with Crippen LogP contribution in [0.25, 0.3) is 0 Å². The zero-order valence-electron chi connectivity index (χ0n) is 15.2. The van der Waals surface area contributed by atoms with Crippen LogP contribution < -0.4 is 14.4 Å². The molecule has 2 rings (SSSR count). The molecule has 0 aromatic heterocycles. The second kappa shape index (κ2) is 9.07. The Labute approximate surface area is 163 Å². The third-order valence-corrected chi connectivity index (χ3v) is 4.98. The summed E-state index contributed by atoms with van der Waals surface area (Å²) in [6, 6.07) is 11.7. The van der Waals surface area contributed by atoms with E-state index in [4.69, 9.17) is 21.1 Å². The number of hydrogen-bond acceptors (Lipinski definition) is 5. The van der Waals surface area contributed by atoms with Crippen molar-refractivity contribution in [2.24, 2.45) is 0 Å². The van der Waals surface area contributed by atoms with Gasteiger partial charge in [-0.15, -0.1) is 0 Å². The molecule has 0 unspecified atom stereocenters. The van der Waals surface area contributed by atoms with Crippen molar-refractivity contribution in [3.63, 3.8) is 0 Å². The molecule has 0 saturated carbocycles. The molecule has 0 bridgehead atoms. The zero-order valence-corrected chi connectivity index (χ0v) is 16.8. The van der Waals surface area contributed by atoms with Gasteiger partial charge in [0.25, 0.3) is 0 Å². The van der Waals surface area contributed by atoms with Crippen LogP contribution in [-0.2, 0) is 26.2 Å². The molecule has 0 spiro atoms. The number of nitrogens with zero attached hydrogens (tertiary/aromatic N) is 1. The van der Waals surface area contributed by atoms with Crippen LogP contribution in [0.2, 0.25) is 5.02 Å². The predicted octanol–water partition coefficient (Wildman–Crippen LogP) is 2.90. The number of nitrogens with one attached hydrogen (secondary N) is 1. The van der Waals surface area contributed by atoms with Crippen molar-refractivity contribution < 1.29 is 22.7 Å². The maximum Gasteiger partial charge on any atom is 0.245 e. The van der Waals surface area contributed by atoms with Crippen LogP contribution in [0.15, 0.2) is 42.5 Å². The summed E-state index contributed by atoms with van der Waals surface area (Å²) in [6.07, 6.45) is 1.01. The minimum Gasteiger partial charge on any atom is -0.495 e. The first kappa shape index (κ1) is 21.0. The number of methoxy groups -OCH3 is 2. The number of amides is 1. The van der Waals surface area contributed by atoms with Gasteiger partial charge in [0.05, 0.1) is 25.7 Å². The molecule has 9 heteroatoms. The Morgan fingerprint density at radius 2 is 1.93 bits per heavy atom. The van der Waals surface area contributed by atoms with Crippen LogP contribution in [0.5, 0.6) is 5.75 Å². The van der Waals surface area contributed by atoms with E-state index in [2.05, 4.69) is 5.32 Å². The number of carbonyl (C=O) groups is 1. The van der Waals surface area contributed by atoms with Crippen LogP contribution in [0.3, 0.4) is 0 Å². The fourth-order valence-electron chi connectivity index (χ4n) is 2.48. The monoisotopic (exact) mass is 412 g/mol. The molecule has 146 valence electrons. The molecule has 1 N–H and O–H groups in total. The highest BCUT2D eigenvalue weighted by Crippen LogP contribution is 2.32. The first-order valence-electron chi connectivity index (χ1n) is 7.93. The minimum absolute atomic E-state index is 0.191. The lowest BCUT2D eigenvalue weighted by molar-refractivity contribution is -0.114. The number of anilines is 2. The molecule has 27 heavy (non-hydrogen) atoms. The van der Waals surface area contributed by atoms with Gasteiger partial charge in [0.1, 0.15) is 12.3 Å². The fourth-order valence-corrected chi connectivity index (χ4v) is 3.49. The molecule has 0 aliphatic carbocycles. The Bertz CT molecular complexity index is 918. The lowest BCUT2D eigenvalue weighted by Gasteiger charge is -2.24. The zero-order chi connectivity index (χ0) is 20.0. The SMILES string of the molecule is COCc1cccc(NC(=O)CN(c2cc(Cl)ccc2OC)S(C)(=O)=O)c1. The van der Waals surface area contributed by atoms with Gasteiger partial charge in [-0.3, -0.25) is 9.10 Å². The van der Waals surface area contributed by atoms with E-state index in [-0.39, 0.29) is 5.69 Å². The minimum atomic E-state index is -3.76. The second-order valence-electron chi connectivity index (χ2n) is 5.77. The average Bonchev–Trinajstić information content (AvgIpc) is 2.59. The highest BCUT2D eigenvalue weighted by molar-refractivity contribution is 7.92. The largest absolute Gasteiger partial charge is 0.495 e. The summed E-state index contributed by atoms with van der Waals surface area (Å²) < 4.78 is 35.8. The average molecular weight is 413 g/mol. The van der Waals surface area contributed by atoms with Crippen molar-refractivity contribution in [3.05, 3.63) is 53.1 Å². The molecular weight excluding hydrogens is 392 g/mol. The normalized spacial score (nSPS) is 11.1. The molecule has 1 amide bonds. The van der Waals surface area contributed by atoms with Crippen molar-refractivity contribution >= 4 is 38.9 Å². The quantitative estimate of drug-likeness (QED) is 0.720. The van der Waals surface area contributed by atoms with Gasteiger partial charge in [0, 0.05) is 17.8 Å². The third-order valence-electron chi connectivity index (χ3n) is 3.62. The summed E-state index contributed by atoms with van der Waals surface area (Å²) in [4.78, 5) is 12.5. The second-order valence-corrected chi connectivity index (χ2v) is 8.11. The van der Waals surface area contributed by atoms with Crippen LogP contribution in [-0.4, -0.2) is 41.3 Å². The van der Waals surface area contributed by atoms with E-state index in [0.717, 1.165) is 16.1 Å². The molecule has 2 aromatic carbocycles. The van der Waals surface area contributed by atoms with E-state index in [1.54, 1.807) is 37.4 Å². The molecule has 2 aromatic rings. The number of sulfonamides is 1. The van der Waals surface area contributed by atoms with Crippen LogP contribution >= 0.6 is 11.6 Å². The van der Waals surface area contributed by atoms with Crippen molar-refractivity contribution in [2.75, 3.05) is 36.6 Å². The van der Waals surface area contributed by atoms with Gasteiger partial charge >= 0.3 is 0 Å². The topological polar surface area (TPSA) is 84.9 Å². The van der Waals surface area contributed by atoms with Gasteiger partial charge in [-0.05, 0) is 35.9 Å². The Kier molecular flexibility index (Phi) is 7.06. The molecule has 0 atom stereocenters. The van der Waals surface area contributed by atoms with Crippen molar-refractivity contribution in [1.82, 2.24) is 0 Å². The summed E-state index contributed by atoms with van der Waals surface area (Å²) in [5.74, 6) is -0.211. The molecule has 0 aliphatic rings. The number of rotatable bonds is 8. The van der Waals surface area contributed by atoms with Gasteiger partial charge in [-0.1, -0.05) is 23.7 Å². The molecule has 0 heterocycles. The number of carbonyl (C=O) groups excluding carboxylic acids is 1.